The molecule has 1 heterocycles. The van der Waals surface area contributed by atoms with E-state index in [9.17, 15) is 8.78 Å². The van der Waals surface area contributed by atoms with E-state index < -0.39 is 17.4 Å². The Morgan fingerprint density at radius 3 is 2.56 bits per heavy atom. The highest BCUT2D eigenvalue weighted by Crippen LogP contribution is 2.21. The van der Waals surface area contributed by atoms with Crippen molar-refractivity contribution in [1.29, 1.82) is 0 Å². The van der Waals surface area contributed by atoms with Gasteiger partial charge >= 0.3 is 0 Å². The Labute approximate surface area is 90.7 Å². The lowest BCUT2D eigenvalue weighted by Crippen LogP contribution is -1.99. The average molecular weight is 225 g/mol. The fraction of sp³-hybridized carbons (Fsp3) is 0.182. The highest BCUT2D eigenvalue weighted by Gasteiger charge is 2.11. The maximum atomic E-state index is 13.1. The van der Waals surface area contributed by atoms with Gasteiger partial charge in [-0.05, 0) is 19.1 Å². The molecule has 0 fully saturated rings. The monoisotopic (exact) mass is 225 g/mol. The summed E-state index contributed by atoms with van der Waals surface area (Å²) in [5.74, 6) is -1.02. The topological polar surface area (TPSA) is 35.3 Å². The van der Waals surface area contributed by atoms with Crippen molar-refractivity contribution < 1.29 is 17.9 Å². The summed E-state index contributed by atoms with van der Waals surface area (Å²) in [5, 5.41) is 0. The van der Waals surface area contributed by atoms with Crippen LogP contribution in [0.4, 0.5) is 8.78 Å². The molecule has 0 saturated heterocycles. The van der Waals surface area contributed by atoms with Gasteiger partial charge in [-0.2, -0.15) is 0 Å². The van der Waals surface area contributed by atoms with Gasteiger partial charge in [-0.25, -0.2) is 13.8 Å². The van der Waals surface area contributed by atoms with Gasteiger partial charge in [-0.3, -0.25) is 0 Å². The van der Waals surface area contributed by atoms with Crippen LogP contribution < -0.4 is 4.74 Å². The van der Waals surface area contributed by atoms with E-state index in [1.807, 2.05) is 0 Å². The molecule has 0 aliphatic carbocycles. The molecule has 0 spiro atoms. The summed E-state index contributed by atoms with van der Waals surface area (Å²) in [4.78, 5) is 3.85. The molecule has 0 aliphatic heterocycles. The Kier molecular flexibility index (Phi) is 2.85. The molecule has 0 N–H and O–H groups in total. The molecule has 1 aromatic heterocycles. The number of aromatic nitrogens is 1. The first kappa shape index (κ1) is 10.6. The second-order valence-electron chi connectivity index (χ2n) is 3.20. The van der Waals surface area contributed by atoms with Crippen LogP contribution in [0.15, 0.2) is 28.8 Å². The first-order valence-electron chi connectivity index (χ1n) is 4.65. The van der Waals surface area contributed by atoms with Gasteiger partial charge in [-0.1, -0.05) is 6.07 Å². The van der Waals surface area contributed by atoms with Crippen LogP contribution in [-0.2, 0) is 6.61 Å². The molecule has 3 nitrogen and oxygen atoms in total. The van der Waals surface area contributed by atoms with Crippen molar-refractivity contribution in [3.05, 3.63) is 47.7 Å². The van der Waals surface area contributed by atoms with Crippen molar-refractivity contribution in [2.24, 2.45) is 0 Å². The number of halogens is 2. The smallest absolute Gasteiger partial charge is 0.232 e. The molecule has 2 rings (SSSR count). The fourth-order valence-corrected chi connectivity index (χ4v) is 1.22. The normalized spacial score (nSPS) is 10.4. The number of benzene rings is 1. The Hall–Kier alpha value is -1.91. The Bertz CT molecular complexity index is 476. The van der Waals surface area contributed by atoms with E-state index in [0.29, 0.717) is 5.76 Å². The first-order chi connectivity index (χ1) is 7.66. The minimum atomic E-state index is -0.747. The fourth-order valence-electron chi connectivity index (χ4n) is 1.22. The van der Waals surface area contributed by atoms with E-state index in [-0.39, 0.29) is 12.5 Å². The minimum Gasteiger partial charge on any atom is -0.478 e. The number of oxazole rings is 1. The van der Waals surface area contributed by atoms with Gasteiger partial charge in [-0.15, -0.1) is 0 Å². The third kappa shape index (κ3) is 2.18. The summed E-state index contributed by atoms with van der Waals surface area (Å²) >= 11 is 0. The third-order valence-corrected chi connectivity index (χ3v) is 1.93. The van der Waals surface area contributed by atoms with Crippen LogP contribution >= 0.6 is 0 Å². The lowest BCUT2D eigenvalue weighted by Gasteiger charge is -2.05. The number of hydrogen-bond donors (Lipinski definition) is 0. The Balaban J connectivity index is 2.10. The lowest BCUT2D eigenvalue weighted by atomic mass is 10.3. The van der Waals surface area contributed by atoms with Crippen LogP contribution in [0.25, 0.3) is 0 Å². The zero-order valence-corrected chi connectivity index (χ0v) is 8.54. The summed E-state index contributed by atoms with van der Waals surface area (Å²) < 4.78 is 36.3. The van der Waals surface area contributed by atoms with Crippen molar-refractivity contribution in [3.63, 3.8) is 0 Å². The summed E-state index contributed by atoms with van der Waals surface area (Å²) in [6.07, 6.45) is 1.51. The standard InChI is InChI=1S/C11H9F2NO2/c1-7-5-14-10(16-7)6-15-11-8(12)3-2-4-9(11)13/h2-5H,6H2,1H3. The SMILES string of the molecule is Cc1cnc(COc2c(F)cccc2F)o1. The second kappa shape index (κ2) is 4.30. The molecule has 84 valence electrons. The quantitative estimate of drug-likeness (QED) is 0.805. The van der Waals surface area contributed by atoms with Crippen molar-refractivity contribution in [1.82, 2.24) is 4.98 Å². The van der Waals surface area contributed by atoms with E-state index in [1.54, 1.807) is 6.92 Å². The van der Waals surface area contributed by atoms with E-state index in [4.69, 9.17) is 9.15 Å². The largest absolute Gasteiger partial charge is 0.478 e. The van der Waals surface area contributed by atoms with Crippen LogP contribution in [0.2, 0.25) is 0 Å². The molecule has 0 unspecified atom stereocenters. The van der Waals surface area contributed by atoms with Crippen molar-refractivity contribution in [2.75, 3.05) is 0 Å². The first-order valence-corrected chi connectivity index (χ1v) is 4.65. The maximum absolute atomic E-state index is 13.1. The molecule has 0 aliphatic rings. The molecule has 0 amide bonds. The van der Waals surface area contributed by atoms with Crippen molar-refractivity contribution in [2.45, 2.75) is 13.5 Å². The van der Waals surface area contributed by atoms with Crippen molar-refractivity contribution in [3.8, 4) is 5.75 Å². The number of ether oxygens (including phenoxy) is 1. The van der Waals surface area contributed by atoms with E-state index in [2.05, 4.69) is 4.98 Å². The van der Waals surface area contributed by atoms with Crippen LogP contribution in [0, 0.1) is 18.6 Å². The highest BCUT2D eigenvalue weighted by molar-refractivity contribution is 5.26. The van der Waals surface area contributed by atoms with Crippen LogP contribution in [-0.4, -0.2) is 4.98 Å². The average Bonchev–Trinajstić information content (AvgIpc) is 2.63. The maximum Gasteiger partial charge on any atom is 0.232 e. The highest BCUT2D eigenvalue weighted by atomic mass is 19.1. The molecule has 0 radical (unpaired) electrons. The van der Waals surface area contributed by atoms with Crippen LogP contribution in [0.3, 0.4) is 0 Å². The zero-order chi connectivity index (χ0) is 11.5. The molecule has 5 heteroatoms. The Morgan fingerprint density at radius 2 is 2.00 bits per heavy atom. The zero-order valence-electron chi connectivity index (χ0n) is 8.54. The second-order valence-corrected chi connectivity index (χ2v) is 3.20. The Morgan fingerprint density at radius 1 is 1.31 bits per heavy atom. The number of rotatable bonds is 3. The van der Waals surface area contributed by atoms with E-state index >= 15 is 0 Å². The van der Waals surface area contributed by atoms with Gasteiger partial charge in [0.2, 0.25) is 5.89 Å². The summed E-state index contributed by atoms with van der Waals surface area (Å²) in [5.41, 5.74) is 0. The van der Waals surface area contributed by atoms with Gasteiger partial charge in [0.25, 0.3) is 0 Å². The molecule has 2 aromatic rings. The van der Waals surface area contributed by atoms with Crippen molar-refractivity contribution >= 4 is 0 Å². The van der Waals surface area contributed by atoms with Gasteiger partial charge in [0.1, 0.15) is 5.76 Å². The summed E-state index contributed by atoms with van der Waals surface area (Å²) in [7, 11) is 0. The molecule has 1 aromatic carbocycles. The van der Waals surface area contributed by atoms with Crippen LogP contribution in [0.5, 0.6) is 5.75 Å². The molecular weight excluding hydrogens is 216 g/mol. The van der Waals surface area contributed by atoms with Gasteiger partial charge < -0.3 is 9.15 Å². The predicted molar refractivity (Wildman–Crippen MR) is 51.9 cm³/mol. The molecule has 0 saturated carbocycles. The lowest BCUT2D eigenvalue weighted by molar-refractivity contribution is 0.238. The van der Waals surface area contributed by atoms with Gasteiger partial charge in [0.05, 0.1) is 6.20 Å². The van der Waals surface area contributed by atoms with Gasteiger partial charge in [0, 0.05) is 0 Å². The molecular formula is C11H9F2NO2. The summed E-state index contributed by atoms with van der Waals surface area (Å²) in [6.45, 7) is 1.62. The van der Waals surface area contributed by atoms with Crippen LogP contribution in [0.1, 0.15) is 11.7 Å². The molecule has 16 heavy (non-hydrogen) atoms. The number of aryl methyl sites for hydroxylation is 1. The number of para-hydroxylation sites is 1. The number of nitrogens with zero attached hydrogens (tertiary/aromatic N) is 1. The van der Waals surface area contributed by atoms with Gasteiger partial charge in [0.15, 0.2) is 24.0 Å². The molecule has 0 atom stereocenters. The number of hydrogen-bond acceptors (Lipinski definition) is 3. The molecule has 0 bridgehead atoms. The minimum absolute atomic E-state index is 0.105. The third-order valence-electron chi connectivity index (χ3n) is 1.93. The van der Waals surface area contributed by atoms with E-state index in [0.717, 1.165) is 12.1 Å². The summed E-state index contributed by atoms with van der Waals surface area (Å²) in [6, 6.07) is 3.52. The van der Waals surface area contributed by atoms with E-state index in [1.165, 1.54) is 12.3 Å². The predicted octanol–water partition coefficient (Wildman–Crippen LogP) is 2.84.